The van der Waals surface area contributed by atoms with Gasteiger partial charge in [0.15, 0.2) is 0 Å². The minimum absolute atomic E-state index is 0.0342. The second-order valence-corrected chi connectivity index (χ2v) is 8.31. The van der Waals surface area contributed by atoms with E-state index in [1.165, 1.54) is 5.56 Å². The van der Waals surface area contributed by atoms with Crippen LogP contribution < -0.4 is 4.74 Å². The van der Waals surface area contributed by atoms with Crippen molar-refractivity contribution in [1.29, 1.82) is 0 Å². The molecule has 1 N–H and O–H groups in total. The summed E-state index contributed by atoms with van der Waals surface area (Å²) in [4.78, 5) is 6.88. The van der Waals surface area contributed by atoms with E-state index in [0.717, 1.165) is 63.2 Å². The van der Waals surface area contributed by atoms with Gasteiger partial charge in [-0.15, -0.1) is 0 Å². The first-order valence-corrected chi connectivity index (χ1v) is 11.3. The molecule has 2 heterocycles. The van der Waals surface area contributed by atoms with E-state index in [-0.39, 0.29) is 12.7 Å². The van der Waals surface area contributed by atoms with E-state index < -0.39 is 0 Å². The van der Waals surface area contributed by atoms with Crippen LogP contribution in [0.2, 0.25) is 5.15 Å². The highest BCUT2D eigenvalue weighted by molar-refractivity contribution is 6.29. The lowest BCUT2D eigenvalue weighted by Gasteiger charge is -2.36. The number of morpholine rings is 1. The van der Waals surface area contributed by atoms with Crippen molar-refractivity contribution in [3.8, 4) is 5.75 Å². The Bertz CT molecular complexity index is 756. The van der Waals surface area contributed by atoms with Gasteiger partial charge in [-0.3, -0.25) is 4.90 Å². The van der Waals surface area contributed by atoms with E-state index in [9.17, 15) is 0 Å². The molecule has 1 saturated heterocycles. The van der Waals surface area contributed by atoms with Crippen LogP contribution in [0.25, 0.3) is 0 Å². The molecule has 2 aromatic rings. The van der Waals surface area contributed by atoms with Gasteiger partial charge in [0, 0.05) is 25.7 Å². The summed E-state index contributed by atoms with van der Waals surface area (Å²) in [6, 6.07) is 14.6. The molecule has 3 rings (SSSR count). The van der Waals surface area contributed by atoms with Gasteiger partial charge in [-0.1, -0.05) is 36.2 Å². The van der Waals surface area contributed by atoms with Gasteiger partial charge >= 0.3 is 0 Å². The number of aliphatic hydroxyl groups is 1. The van der Waals surface area contributed by atoms with Gasteiger partial charge in [-0.05, 0) is 62.4 Å². The van der Waals surface area contributed by atoms with Gasteiger partial charge in [0.05, 0.1) is 18.9 Å². The SMILES string of the molecule is CC(Cc1ccc(OCCCCCCO)cc1)N1CCOC(c2cccc(Cl)n2)C1. The van der Waals surface area contributed by atoms with E-state index in [1.807, 2.05) is 12.1 Å². The van der Waals surface area contributed by atoms with Crippen LogP contribution in [0.15, 0.2) is 42.5 Å². The zero-order valence-electron chi connectivity index (χ0n) is 17.8. The topological polar surface area (TPSA) is 54.8 Å². The standard InChI is InChI=1S/C24H33ClN2O3/c1-19(27-13-16-30-23(18-27)22-7-6-8-24(25)26-22)17-20-9-11-21(12-10-20)29-15-5-3-2-4-14-28/h6-12,19,23,28H,2-5,13-18H2,1H3. The average molecular weight is 433 g/mol. The summed E-state index contributed by atoms with van der Waals surface area (Å²) in [5.41, 5.74) is 2.21. The molecule has 6 heteroatoms. The maximum Gasteiger partial charge on any atom is 0.129 e. The van der Waals surface area contributed by atoms with Crippen LogP contribution in [0, 0.1) is 0 Å². The third kappa shape index (κ3) is 7.24. The minimum atomic E-state index is -0.0342. The van der Waals surface area contributed by atoms with Gasteiger partial charge in [0.25, 0.3) is 0 Å². The maximum absolute atomic E-state index is 8.80. The number of aromatic nitrogens is 1. The van der Waals surface area contributed by atoms with Gasteiger partial charge in [0.1, 0.15) is 17.0 Å². The van der Waals surface area contributed by atoms with E-state index in [2.05, 4.69) is 41.1 Å². The van der Waals surface area contributed by atoms with E-state index in [0.29, 0.717) is 17.8 Å². The summed E-state index contributed by atoms with van der Waals surface area (Å²) in [7, 11) is 0. The summed E-state index contributed by atoms with van der Waals surface area (Å²) >= 11 is 6.04. The van der Waals surface area contributed by atoms with Crippen molar-refractivity contribution in [3.63, 3.8) is 0 Å². The molecular formula is C24H33ClN2O3. The second-order valence-electron chi connectivity index (χ2n) is 7.92. The van der Waals surface area contributed by atoms with Crippen molar-refractivity contribution in [3.05, 3.63) is 58.9 Å². The number of aliphatic hydroxyl groups excluding tert-OH is 1. The number of hydrogen-bond acceptors (Lipinski definition) is 5. The Morgan fingerprint density at radius 1 is 1.17 bits per heavy atom. The molecule has 1 aliphatic heterocycles. The molecule has 1 fully saturated rings. The molecule has 0 amide bonds. The molecule has 0 aliphatic carbocycles. The van der Waals surface area contributed by atoms with Crippen LogP contribution in [0.1, 0.15) is 50.0 Å². The molecule has 1 aliphatic rings. The van der Waals surface area contributed by atoms with E-state index >= 15 is 0 Å². The van der Waals surface area contributed by atoms with Crippen molar-refractivity contribution in [1.82, 2.24) is 9.88 Å². The van der Waals surface area contributed by atoms with Crippen LogP contribution in [0.5, 0.6) is 5.75 Å². The van der Waals surface area contributed by atoms with Crippen molar-refractivity contribution in [2.75, 3.05) is 32.9 Å². The molecular weight excluding hydrogens is 400 g/mol. The van der Waals surface area contributed by atoms with Crippen LogP contribution in [0.3, 0.4) is 0 Å². The first kappa shape index (κ1) is 23.0. The summed E-state index contributed by atoms with van der Waals surface area (Å²) in [6.45, 7) is 5.73. The number of halogens is 1. The lowest BCUT2D eigenvalue weighted by molar-refractivity contribution is -0.0444. The first-order valence-electron chi connectivity index (χ1n) is 11.0. The fraction of sp³-hybridized carbons (Fsp3) is 0.542. The number of ether oxygens (including phenoxy) is 2. The van der Waals surface area contributed by atoms with Crippen molar-refractivity contribution in [2.24, 2.45) is 0 Å². The summed E-state index contributed by atoms with van der Waals surface area (Å²) in [5, 5.41) is 9.31. The Morgan fingerprint density at radius 2 is 1.97 bits per heavy atom. The summed E-state index contributed by atoms with van der Waals surface area (Å²) in [5.74, 6) is 0.923. The zero-order chi connectivity index (χ0) is 21.2. The van der Waals surface area contributed by atoms with Crippen LogP contribution in [-0.4, -0.2) is 53.9 Å². The molecule has 164 valence electrons. The fourth-order valence-corrected chi connectivity index (χ4v) is 3.97. The zero-order valence-corrected chi connectivity index (χ0v) is 18.6. The van der Waals surface area contributed by atoms with Crippen molar-refractivity contribution < 1.29 is 14.6 Å². The Balaban J connectivity index is 1.45. The molecule has 1 aromatic carbocycles. The molecule has 0 bridgehead atoms. The highest BCUT2D eigenvalue weighted by Crippen LogP contribution is 2.24. The van der Waals surface area contributed by atoms with Gasteiger partial charge in [0.2, 0.25) is 0 Å². The van der Waals surface area contributed by atoms with Gasteiger partial charge in [-0.2, -0.15) is 0 Å². The predicted molar refractivity (Wildman–Crippen MR) is 120 cm³/mol. The number of unbranched alkanes of at least 4 members (excludes halogenated alkanes) is 3. The van der Waals surface area contributed by atoms with Gasteiger partial charge in [-0.25, -0.2) is 4.98 Å². The molecule has 0 spiro atoms. The number of pyridine rings is 1. The number of rotatable bonds is 11. The molecule has 1 aromatic heterocycles. The average Bonchev–Trinajstić information content (AvgIpc) is 2.77. The van der Waals surface area contributed by atoms with Gasteiger partial charge < -0.3 is 14.6 Å². The maximum atomic E-state index is 8.80. The Hall–Kier alpha value is -1.66. The number of benzene rings is 1. The third-order valence-electron chi connectivity index (χ3n) is 5.56. The monoisotopic (exact) mass is 432 g/mol. The molecule has 0 radical (unpaired) electrons. The number of nitrogens with zero attached hydrogens (tertiary/aromatic N) is 2. The minimum Gasteiger partial charge on any atom is -0.494 e. The van der Waals surface area contributed by atoms with E-state index in [1.54, 1.807) is 6.07 Å². The smallest absolute Gasteiger partial charge is 0.129 e. The highest BCUT2D eigenvalue weighted by atomic mass is 35.5. The lowest BCUT2D eigenvalue weighted by Crippen LogP contribution is -2.44. The second kappa shape index (κ2) is 12.3. The van der Waals surface area contributed by atoms with Crippen molar-refractivity contribution >= 4 is 11.6 Å². The summed E-state index contributed by atoms with van der Waals surface area (Å²) < 4.78 is 11.8. The van der Waals surface area contributed by atoms with Crippen LogP contribution in [-0.2, 0) is 11.2 Å². The molecule has 5 nitrogen and oxygen atoms in total. The lowest BCUT2D eigenvalue weighted by atomic mass is 10.0. The quantitative estimate of drug-likeness (QED) is 0.413. The highest BCUT2D eigenvalue weighted by Gasteiger charge is 2.26. The molecule has 0 saturated carbocycles. The summed E-state index contributed by atoms with van der Waals surface area (Å²) in [6.07, 6.45) is 5.02. The molecule has 2 unspecified atom stereocenters. The first-order chi connectivity index (χ1) is 14.7. The Morgan fingerprint density at radius 3 is 2.73 bits per heavy atom. The predicted octanol–water partition coefficient (Wildman–Crippen LogP) is 4.67. The van der Waals surface area contributed by atoms with Crippen molar-refractivity contribution in [2.45, 2.75) is 51.2 Å². The Kier molecular flexibility index (Phi) is 9.40. The van der Waals surface area contributed by atoms with Crippen LogP contribution >= 0.6 is 11.6 Å². The number of hydrogen-bond donors (Lipinski definition) is 1. The largest absolute Gasteiger partial charge is 0.494 e. The normalized spacial score (nSPS) is 18.3. The fourth-order valence-electron chi connectivity index (χ4n) is 3.80. The third-order valence-corrected chi connectivity index (χ3v) is 5.77. The van der Waals surface area contributed by atoms with Crippen LogP contribution in [0.4, 0.5) is 0 Å². The van der Waals surface area contributed by atoms with E-state index in [4.69, 9.17) is 26.2 Å². The molecule has 30 heavy (non-hydrogen) atoms. The Labute approximate surface area is 185 Å². The molecule has 2 atom stereocenters.